The third kappa shape index (κ3) is 3.91. The molecule has 0 saturated heterocycles. The monoisotopic (exact) mass is 393 g/mol. The summed E-state index contributed by atoms with van der Waals surface area (Å²) in [6, 6.07) is 1.83. The second-order valence-corrected chi connectivity index (χ2v) is 8.83. The van der Waals surface area contributed by atoms with Crippen LogP contribution in [0.25, 0.3) is 0 Å². The molecule has 0 bridgehead atoms. The number of carbonyl (C=O) groups is 1. The van der Waals surface area contributed by atoms with E-state index < -0.39 is 0 Å². The molecule has 0 atom stereocenters. The molecule has 1 aliphatic rings. The van der Waals surface area contributed by atoms with Gasteiger partial charge in [0.05, 0.1) is 12.7 Å². The number of fused-ring (bicyclic) bond motifs is 1. The molecule has 0 spiro atoms. The third-order valence-corrected chi connectivity index (χ3v) is 5.69. The lowest BCUT2D eigenvalue weighted by molar-refractivity contribution is 0.0601. The van der Waals surface area contributed by atoms with Crippen LogP contribution >= 0.6 is 23.6 Å². The highest BCUT2D eigenvalue weighted by molar-refractivity contribution is 7.80. The average molecular weight is 394 g/mol. The van der Waals surface area contributed by atoms with Crippen LogP contribution in [-0.4, -0.2) is 23.3 Å². The number of hydrogen-bond donors (Lipinski definition) is 2. The summed E-state index contributed by atoms with van der Waals surface area (Å²) in [5, 5.41) is 11.2. The molecule has 2 aromatic rings. The summed E-state index contributed by atoms with van der Waals surface area (Å²) >= 11 is 6.97. The van der Waals surface area contributed by atoms with E-state index >= 15 is 0 Å². The smallest absolute Gasteiger partial charge is 0.341 e. The lowest BCUT2D eigenvalue weighted by atomic mass is 9.93. The van der Waals surface area contributed by atoms with Crippen molar-refractivity contribution in [3.63, 3.8) is 0 Å². The number of methoxy groups -OCH3 is 1. The molecule has 2 N–H and O–H groups in total. The lowest BCUT2D eigenvalue weighted by Crippen LogP contribution is -2.20. The minimum atomic E-state index is -0.328. The van der Waals surface area contributed by atoms with Gasteiger partial charge in [0.2, 0.25) is 0 Å². The number of thiocarbonyl (C=S) groups is 1. The first-order valence-electron chi connectivity index (χ1n) is 8.57. The van der Waals surface area contributed by atoms with Gasteiger partial charge in [-0.3, -0.25) is 0 Å². The Morgan fingerprint density at radius 2 is 2.04 bits per heavy atom. The Hall–Kier alpha value is -1.93. The van der Waals surface area contributed by atoms with Crippen molar-refractivity contribution in [2.45, 2.75) is 51.9 Å². The summed E-state index contributed by atoms with van der Waals surface area (Å²) in [6.45, 7) is 6.14. The molecule has 26 heavy (non-hydrogen) atoms. The molecule has 0 aromatic carbocycles. The van der Waals surface area contributed by atoms with Crippen LogP contribution in [0.3, 0.4) is 0 Å². The Balaban J connectivity index is 1.78. The van der Waals surface area contributed by atoms with Gasteiger partial charge < -0.3 is 19.9 Å². The van der Waals surface area contributed by atoms with Gasteiger partial charge in [-0.1, -0.05) is 25.9 Å². The van der Waals surface area contributed by atoms with E-state index in [9.17, 15) is 4.79 Å². The number of anilines is 2. The zero-order valence-corrected chi connectivity index (χ0v) is 17.0. The van der Waals surface area contributed by atoms with Crippen molar-refractivity contribution < 1.29 is 14.1 Å². The van der Waals surface area contributed by atoms with Gasteiger partial charge in [0.1, 0.15) is 10.8 Å². The van der Waals surface area contributed by atoms with Gasteiger partial charge in [-0.05, 0) is 43.5 Å². The fourth-order valence-electron chi connectivity index (χ4n) is 2.91. The van der Waals surface area contributed by atoms with E-state index in [-0.39, 0.29) is 11.4 Å². The first-order chi connectivity index (χ1) is 12.3. The van der Waals surface area contributed by atoms with Crippen LogP contribution in [0.1, 0.15) is 60.2 Å². The molecule has 0 radical (unpaired) electrons. The Kier molecular flexibility index (Phi) is 5.34. The van der Waals surface area contributed by atoms with Gasteiger partial charge in [-0.15, -0.1) is 11.3 Å². The Morgan fingerprint density at radius 3 is 2.69 bits per heavy atom. The van der Waals surface area contributed by atoms with E-state index in [0.29, 0.717) is 16.5 Å². The molecule has 0 aliphatic heterocycles. The van der Waals surface area contributed by atoms with E-state index in [0.717, 1.165) is 42.0 Å². The maximum atomic E-state index is 12.3. The Labute approximate surface area is 162 Å². The Bertz CT molecular complexity index is 833. The van der Waals surface area contributed by atoms with Gasteiger partial charge in [-0.25, -0.2) is 4.79 Å². The topological polar surface area (TPSA) is 76.4 Å². The number of aromatic nitrogens is 1. The quantitative estimate of drug-likeness (QED) is 0.587. The van der Waals surface area contributed by atoms with Gasteiger partial charge in [-0.2, -0.15) is 0 Å². The van der Waals surface area contributed by atoms with Crippen molar-refractivity contribution in [1.82, 2.24) is 5.16 Å². The van der Waals surface area contributed by atoms with Gasteiger partial charge >= 0.3 is 5.97 Å². The SMILES string of the molecule is COC(=O)c1c(NC(=S)Nc2cc(C(C)(C)C)on2)sc2c1CCCC2. The minimum absolute atomic E-state index is 0.132. The van der Waals surface area contributed by atoms with Gasteiger partial charge in [0.25, 0.3) is 0 Å². The van der Waals surface area contributed by atoms with E-state index in [1.807, 2.05) is 26.8 Å². The highest BCUT2D eigenvalue weighted by Crippen LogP contribution is 2.38. The Morgan fingerprint density at radius 1 is 1.31 bits per heavy atom. The maximum absolute atomic E-state index is 12.3. The predicted octanol–water partition coefficient (Wildman–Crippen LogP) is 4.51. The summed E-state index contributed by atoms with van der Waals surface area (Å²) in [7, 11) is 1.40. The minimum Gasteiger partial charge on any atom is -0.465 e. The number of esters is 1. The predicted molar refractivity (Wildman–Crippen MR) is 107 cm³/mol. The van der Waals surface area contributed by atoms with Crippen molar-refractivity contribution in [2.75, 3.05) is 17.7 Å². The standard InChI is InChI=1S/C18H23N3O3S2/c1-18(2,3)12-9-13(21-24-12)19-17(25)20-15-14(16(22)23-4)10-7-5-6-8-11(10)26-15/h9H,5-8H2,1-4H3,(H2,19,20,21,25). The molecule has 140 valence electrons. The molecule has 8 heteroatoms. The number of ether oxygens (including phenoxy) is 1. The van der Waals surface area contributed by atoms with Crippen LogP contribution in [0.5, 0.6) is 0 Å². The fourth-order valence-corrected chi connectivity index (χ4v) is 4.46. The molecule has 2 heterocycles. The summed E-state index contributed by atoms with van der Waals surface area (Å²) in [5.74, 6) is 0.976. The number of nitrogens with one attached hydrogen (secondary N) is 2. The summed E-state index contributed by atoms with van der Waals surface area (Å²) in [5.41, 5.74) is 1.56. The normalized spacial score (nSPS) is 13.8. The summed E-state index contributed by atoms with van der Waals surface area (Å²) < 4.78 is 10.3. The zero-order chi connectivity index (χ0) is 18.9. The molecule has 0 amide bonds. The molecule has 3 rings (SSSR count). The summed E-state index contributed by atoms with van der Waals surface area (Å²) in [6.07, 6.45) is 4.12. The molecular weight excluding hydrogens is 370 g/mol. The molecule has 0 fully saturated rings. The van der Waals surface area contributed by atoms with Crippen LogP contribution in [0.15, 0.2) is 10.6 Å². The van der Waals surface area contributed by atoms with Crippen LogP contribution < -0.4 is 10.6 Å². The van der Waals surface area contributed by atoms with Crippen LogP contribution in [-0.2, 0) is 23.0 Å². The van der Waals surface area contributed by atoms with Crippen molar-refractivity contribution >= 4 is 45.5 Å². The fraction of sp³-hybridized carbons (Fsp3) is 0.500. The number of nitrogens with zero attached hydrogens (tertiary/aromatic N) is 1. The van der Waals surface area contributed by atoms with E-state index in [2.05, 4.69) is 15.8 Å². The molecule has 6 nitrogen and oxygen atoms in total. The van der Waals surface area contributed by atoms with E-state index in [1.165, 1.54) is 12.0 Å². The summed E-state index contributed by atoms with van der Waals surface area (Å²) in [4.78, 5) is 13.5. The second-order valence-electron chi connectivity index (χ2n) is 7.31. The van der Waals surface area contributed by atoms with E-state index in [4.69, 9.17) is 21.5 Å². The maximum Gasteiger partial charge on any atom is 0.341 e. The highest BCUT2D eigenvalue weighted by Gasteiger charge is 2.26. The van der Waals surface area contributed by atoms with Crippen molar-refractivity contribution in [2.24, 2.45) is 0 Å². The van der Waals surface area contributed by atoms with E-state index in [1.54, 1.807) is 11.3 Å². The highest BCUT2D eigenvalue weighted by atomic mass is 32.1. The molecule has 0 saturated carbocycles. The lowest BCUT2D eigenvalue weighted by Gasteiger charge is -2.12. The number of aryl methyl sites for hydroxylation is 1. The third-order valence-electron chi connectivity index (χ3n) is 4.28. The van der Waals surface area contributed by atoms with Crippen molar-refractivity contribution in [3.8, 4) is 0 Å². The van der Waals surface area contributed by atoms with Crippen LogP contribution in [0.4, 0.5) is 10.8 Å². The average Bonchev–Trinajstić information content (AvgIpc) is 3.18. The van der Waals surface area contributed by atoms with Gasteiger partial charge in [0.15, 0.2) is 10.9 Å². The van der Waals surface area contributed by atoms with Crippen molar-refractivity contribution in [1.29, 1.82) is 0 Å². The number of carbonyl (C=O) groups excluding carboxylic acids is 1. The number of hydrogen-bond acceptors (Lipinski definition) is 6. The first-order valence-corrected chi connectivity index (χ1v) is 9.80. The number of rotatable bonds is 3. The second kappa shape index (κ2) is 7.36. The molecular formula is C18H23N3O3S2. The van der Waals surface area contributed by atoms with Crippen molar-refractivity contribution in [3.05, 3.63) is 27.8 Å². The molecule has 0 unspecified atom stereocenters. The van der Waals surface area contributed by atoms with Gasteiger partial charge in [0, 0.05) is 16.4 Å². The molecule has 1 aliphatic carbocycles. The zero-order valence-electron chi connectivity index (χ0n) is 15.4. The first kappa shape index (κ1) is 18.8. The number of thiophene rings is 1. The van der Waals surface area contributed by atoms with Crippen LogP contribution in [0.2, 0.25) is 0 Å². The molecule has 2 aromatic heterocycles. The van der Waals surface area contributed by atoms with Crippen LogP contribution in [0, 0.1) is 0 Å². The largest absolute Gasteiger partial charge is 0.465 e.